The molecular formula is C19H25NO4. The average molecular weight is 331 g/mol. The van der Waals surface area contributed by atoms with E-state index in [-0.39, 0.29) is 11.8 Å². The summed E-state index contributed by atoms with van der Waals surface area (Å²) >= 11 is 0. The summed E-state index contributed by atoms with van der Waals surface area (Å²) in [6.07, 6.45) is 3.76. The molecule has 3 aliphatic rings. The normalized spacial score (nSPS) is 31.7. The highest BCUT2D eigenvalue weighted by atomic mass is 16.6. The highest BCUT2D eigenvalue weighted by Crippen LogP contribution is 2.45. The number of nitrogens with zero attached hydrogens (tertiary/aromatic N) is 1. The van der Waals surface area contributed by atoms with Crippen LogP contribution in [-0.2, 0) is 0 Å². The van der Waals surface area contributed by atoms with Crippen molar-refractivity contribution in [2.75, 3.05) is 26.3 Å². The summed E-state index contributed by atoms with van der Waals surface area (Å²) in [4.78, 5) is 15.0. The first-order chi connectivity index (χ1) is 11.6. The maximum atomic E-state index is 13.1. The van der Waals surface area contributed by atoms with Crippen molar-refractivity contribution in [3.63, 3.8) is 0 Å². The summed E-state index contributed by atoms with van der Waals surface area (Å²) < 4.78 is 11.3. The maximum Gasteiger partial charge on any atom is 0.257 e. The summed E-state index contributed by atoms with van der Waals surface area (Å²) in [5.41, 5.74) is -0.0425. The van der Waals surface area contributed by atoms with Gasteiger partial charge in [-0.25, -0.2) is 0 Å². The summed E-state index contributed by atoms with van der Waals surface area (Å²) in [5, 5.41) is 10.9. The molecule has 5 heteroatoms. The average Bonchev–Trinajstić information content (AvgIpc) is 3.06. The zero-order valence-electron chi connectivity index (χ0n) is 14.2. The molecule has 1 aromatic rings. The van der Waals surface area contributed by atoms with Gasteiger partial charge in [0.05, 0.1) is 11.2 Å². The number of fused-ring (bicyclic) bond motifs is 2. The van der Waals surface area contributed by atoms with Gasteiger partial charge < -0.3 is 19.5 Å². The van der Waals surface area contributed by atoms with Crippen LogP contribution in [0, 0.1) is 11.8 Å². The Balaban J connectivity index is 1.58. The fourth-order valence-corrected chi connectivity index (χ4v) is 4.65. The predicted molar refractivity (Wildman–Crippen MR) is 89.4 cm³/mol. The molecule has 2 fully saturated rings. The van der Waals surface area contributed by atoms with Gasteiger partial charge in [0.25, 0.3) is 5.91 Å². The minimum Gasteiger partial charge on any atom is -0.486 e. The van der Waals surface area contributed by atoms with Gasteiger partial charge in [-0.1, -0.05) is 19.4 Å². The summed E-state index contributed by atoms with van der Waals surface area (Å²) in [5.74, 6) is 1.80. The lowest BCUT2D eigenvalue weighted by Crippen LogP contribution is -2.44. The Morgan fingerprint density at radius 2 is 2.17 bits per heavy atom. The van der Waals surface area contributed by atoms with Gasteiger partial charge in [-0.15, -0.1) is 0 Å². The Hall–Kier alpha value is -1.75. The first-order valence-electron chi connectivity index (χ1n) is 9.02. The molecule has 0 bridgehead atoms. The first kappa shape index (κ1) is 15.8. The number of carbonyl (C=O) groups excluding carboxylic acids is 1. The Morgan fingerprint density at radius 1 is 1.33 bits per heavy atom. The molecule has 3 atom stereocenters. The van der Waals surface area contributed by atoms with Gasteiger partial charge in [0, 0.05) is 19.0 Å². The van der Waals surface area contributed by atoms with Gasteiger partial charge in [-0.3, -0.25) is 4.79 Å². The second kappa shape index (κ2) is 5.96. The number of hydrogen-bond donors (Lipinski definition) is 1. The predicted octanol–water partition coefficient (Wildman–Crippen LogP) is 2.47. The van der Waals surface area contributed by atoms with Gasteiger partial charge in [0.1, 0.15) is 13.2 Å². The monoisotopic (exact) mass is 331 g/mol. The third kappa shape index (κ3) is 2.46. The molecule has 5 nitrogen and oxygen atoms in total. The molecule has 1 aliphatic carbocycles. The van der Waals surface area contributed by atoms with Crippen LogP contribution in [0.1, 0.15) is 43.0 Å². The maximum absolute atomic E-state index is 13.1. The number of likely N-dealkylation sites (tertiary alicyclic amines) is 1. The van der Waals surface area contributed by atoms with Crippen molar-refractivity contribution in [1.29, 1.82) is 0 Å². The number of para-hydroxylation sites is 1. The molecule has 1 saturated heterocycles. The lowest BCUT2D eigenvalue weighted by atomic mass is 9.69. The quantitative estimate of drug-likeness (QED) is 0.904. The van der Waals surface area contributed by atoms with E-state index in [1.807, 2.05) is 30.0 Å². The smallest absolute Gasteiger partial charge is 0.257 e. The fraction of sp³-hybridized carbons (Fsp3) is 0.632. The second-order valence-electron chi connectivity index (χ2n) is 7.26. The summed E-state index contributed by atoms with van der Waals surface area (Å²) in [6.45, 7) is 4.40. The highest BCUT2D eigenvalue weighted by Gasteiger charge is 2.49. The van der Waals surface area contributed by atoms with Crippen LogP contribution in [0.15, 0.2) is 18.2 Å². The summed E-state index contributed by atoms with van der Waals surface area (Å²) in [7, 11) is 0. The van der Waals surface area contributed by atoms with E-state index in [0.717, 1.165) is 32.2 Å². The molecule has 1 amide bonds. The fourth-order valence-electron chi connectivity index (χ4n) is 4.65. The van der Waals surface area contributed by atoms with Crippen LogP contribution in [0.4, 0.5) is 0 Å². The number of benzene rings is 1. The minimum atomic E-state index is -0.617. The molecule has 0 spiro atoms. The molecule has 4 rings (SSSR count). The van der Waals surface area contributed by atoms with Crippen molar-refractivity contribution in [2.24, 2.45) is 11.8 Å². The highest BCUT2D eigenvalue weighted by molar-refractivity contribution is 5.98. The van der Waals surface area contributed by atoms with Crippen molar-refractivity contribution in [3.8, 4) is 11.5 Å². The van der Waals surface area contributed by atoms with Crippen molar-refractivity contribution < 1.29 is 19.4 Å². The minimum absolute atomic E-state index is 0.00907. The van der Waals surface area contributed by atoms with Crippen LogP contribution >= 0.6 is 0 Å². The molecule has 24 heavy (non-hydrogen) atoms. The Labute approximate surface area is 142 Å². The van der Waals surface area contributed by atoms with E-state index in [0.29, 0.717) is 42.7 Å². The van der Waals surface area contributed by atoms with E-state index in [2.05, 4.69) is 0 Å². The Kier molecular flexibility index (Phi) is 3.91. The van der Waals surface area contributed by atoms with E-state index in [1.54, 1.807) is 0 Å². The van der Waals surface area contributed by atoms with E-state index in [1.165, 1.54) is 0 Å². The molecule has 130 valence electrons. The number of ether oxygens (including phenoxy) is 2. The Morgan fingerprint density at radius 3 is 3.00 bits per heavy atom. The molecule has 0 aromatic heterocycles. The summed E-state index contributed by atoms with van der Waals surface area (Å²) in [6, 6.07) is 5.49. The number of rotatable bonds is 2. The third-order valence-electron chi connectivity index (χ3n) is 6.01. The number of carbonyl (C=O) groups is 1. The molecule has 0 radical (unpaired) electrons. The van der Waals surface area contributed by atoms with Gasteiger partial charge in [-0.05, 0) is 37.3 Å². The molecule has 1 N–H and O–H groups in total. The number of hydrogen-bond acceptors (Lipinski definition) is 4. The van der Waals surface area contributed by atoms with Crippen LogP contribution < -0.4 is 9.47 Å². The Bertz CT molecular complexity index is 646. The molecule has 2 heterocycles. The van der Waals surface area contributed by atoms with Gasteiger partial charge in [-0.2, -0.15) is 0 Å². The van der Waals surface area contributed by atoms with Crippen LogP contribution in [0.25, 0.3) is 0 Å². The van der Waals surface area contributed by atoms with E-state index < -0.39 is 5.60 Å². The van der Waals surface area contributed by atoms with Crippen molar-refractivity contribution in [1.82, 2.24) is 4.90 Å². The molecular weight excluding hydrogens is 306 g/mol. The molecule has 1 saturated carbocycles. The van der Waals surface area contributed by atoms with Crippen LogP contribution in [0.5, 0.6) is 11.5 Å². The third-order valence-corrected chi connectivity index (χ3v) is 6.01. The first-order valence-corrected chi connectivity index (χ1v) is 9.02. The molecule has 0 unspecified atom stereocenters. The van der Waals surface area contributed by atoms with Gasteiger partial charge in [0.15, 0.2) is 11.5 Å². The SMILES string of the molecule is CC[C@@]1(O)CCC[C@@H]2CN(C(=O)c3cccc4c3OCCO4)C[C@@H]21. The van der Waals surface area contributed by atoms with E-state index in [4.69, 9.17) is 9.47 Å². The zero-order valence-corrected chi connectivity index (χ0v) is 14.2. The van der Waals surface area contributed by atoms with E-state index >= 15 is 0 Å². The topological polar surface area (TPSA) is 59.0 Å². The largest absolute Gasteiger partial charge is 0.486 e. The standard InChI is InChI=1S/C19H25NO4/c1-2-19(22)8-4-5-13-11-20(12-15(13)19)18(21)14-6-3-7-16-17(14)24-10-9-23-16/h3,6-7,13,15,22H,2,4-5,8-12H2,1H3/t13-,15+,19-/m1/s1. The number of aliphatic hydroxyl groups is 1. The van der Waals surface area contributed by atoms with Crippen LogP contribution in [0.2, 0.25) is 0 Å². The van der Waals surface area contributed by atoms with Crippen molar-refractivity contribution in [2.45, 2.75) is 38.2 Å². The van der Waals surface area contributed by atoms with E-state index in [9.17, 15) is 9.90 Å². The number of amides is 1. The second-order valence-corrected chi connectivity index (χ2v) is 7.26. The van der Waals surface area contributed by atoms with Gasteiger partial charge in [0.2, 0.25) is 0 Å². The lowest BCUT2D eigenvalue weighted by Gasteiger charge is -2.40. The molecule has 2 aliphatic heterocycles. The van der Waals surface area contributed by atoms with Crippen molar-refractivity contribution >= 4 is 5.91 Å². The van der Waals surface area contributed by atoms with Crippen LogP contribution in [0.3, 0.4) is 0 Å². The zero-order chi connectivity index (χ0) is 16.7. The van der Waals surface area contributed by atoms with Crippen molar-refractivity contribution in [3.05, 3.63) is 23.8 Å². The van der Waals surface area contributed by atoms with Crippen LogP contribution in [-0.4, -0.2) is 47.8 Å². The molecule has 1 aromatic carbocycles. The van der Waals surface area contributed by atoms with Gasteiger partial charge >= 0.3 is 0 Å². The lowest BCUT2D eigenvalue weighted by molar-refractivity contribution is -0.0609.